The van der Waals surface area contributed by atoms with Crippen LogP contribution in [0.1, 0.15) is 23.3 Å². The lowest BCUT2D eigenvalue weighted by atomic mass is 9.97. The normalized spacial score (nSPS) is 29.3. The molecule has 1 N–H and O–H groups in total. The summed E-state index contributed by atoms with van der Waals surface area (Å²) < 4.78 is 13.2. The zero-order valence-electron chi connectivity index (χ0n) is 10.4. The molecule has 102 valence electrons. The minimum Gasteiger partial charge on any atom is -0.347 e. The van der Waals surface area contributed by atoms with Gasteiger partial charge in [0.15, 0.2) is 0 Å². The lowest BCUT2D eigenvalue weighted by Crippen LogP contribution is -2.47. The molecule has 2 aliphatic rings. The van der Waals surface area contributed by atoms with Gasteiger partial charge in [0.05, 0.1) is 5.02 Å². The number of fused-ring (bicyclic) bond motifs is 2. The highest BCUT2D eigenvalue weighted by Gasteiger charge is 2.33. The molecule has 4 nitrogen and oxygen atoms in total. The summed E-state index contributed by atoms with van der Waals surface area (Å²) in [5, 5.41) is 2.86. The molecule has 0 saturated carbocycles. The number of carbonyl (C=O) groups is 1. The molecule has 2 saturated heterocycles. The summed E-state index contributed by atoms with van der Waals surface area (Å²) in [4.78, 5) is 17.9. The SMILES string of the molecule is O=C(N[C@@H]1C[C@H]2CCN(C2)C1)c1ccc(Cl)c(F)n1. The van der Waals surface area contributed by atoms with Gasteiger partial charge in [-0.1, -0.05) is 11.6 Å². The van der Waals surface area contributed by atoms with E-state index in [4.69, 9.17) is 11.6 Å². The van der Waals surface area contributed by atoms with E-state index in [-0.39, 0.29) is 22.7 Å². The van der Waals surface area contributed by atoms with E-state index in [1.807, 2.05) is 0 Å². The summed E-state index contributed by atoms with van der Waals surface area (Å²) in [6, 6.07) is 2.93. The standard InChI is InChI=1S/C13H15ClFN3O/c14-10-1-2-11(17-12(10)15)13(19)16-9-5-8-3-4-18(6-8)7-9/h1-2,8-9H,3-7H2,(H,16,19)/t8-,9-/m1/s1. The number of hydrogen-bond donors (Lipinski definition) is 1. The number of carbonyl (C=O) groups excluding carboxylic acids is 1. The van der Waals surface area contributed by atoms with Gasteiger partial charge in [-0.15, -0.1) is 0 Å². The van der Waals surface area contributed by atoms with Crippen LogP contribution >= 0.6 is 11.6 Å². The van der Waals surface area contributed by atoms with Crippen molar-refractivity contribution in [1.82, 2.24) is 15.2 Å². The lowest BCUT2D eigenvalue weighted by molar-refractivity contribution is 0.0903. The first-order chi connectivity index (χ1) is 9.11. The van der Waals surface area contributed by atoms with Crippen molar-refractivity contribution in [2.24, 2.45) is 5.92 Å². The van der Waals surface area contributed by atoms with Crippen LogP contribution in [0, 0.1) is 11.9 Å². The third-order valence-corrected chi connectivity index (χ3v) is 4.12. The molecule has 1 unspecified atom stereocenters. The summed E-state index contributed by atoms with van der Waals surface area (Å²) in [5.74, 6) is -0.459. The molecule has 0 spiro atoms. The molecule has 1 aromatic rings. The van der Waals surface area contributed by atoms with Crippen LogP contribution in [-0.2, 0) is 0 Å². The number of rotatable bonds is 2. The number of piperidine rings is 1. The first-order valence-electron chi connectivity index (χ1n) is 6.47. The Labute approximate surface area is 115 Å². The molecule has 19 heavy (non-hydrogen) atoms. The highest BCUT2D eigenvalue weighted by atomic mass is 35.5. The van der Waals surface area contributed by atoms with E-state index < -0.39 is 5.95 Å². The Morgan fingerprint density at radius 3 is 3.05 bits per heavy atom. The largest absolute Gasteiger partial charge is 0.347 e. The molecule has 0 aliphatic carbocycles. The van der Waals surface area contributed by atoms with Crippen molar-refractivity contribution in [2.75, 3.05) is 19.6 Å². The van der Waals surface area contributed by atoms with Gasteiger partial charge in [-0.05, 0) is 37.4 Å². The summed E-state index contributed by atoms with van der Waals surface area (Å²) in [6.45, 7) is 3.13. The number of hydrogen-bond acceptors (Lipinski definition) is 3. The van der Waals surface area contributed by atoms with Gasteiger partial charge >= 0.3 is 0 Å². The number of nitrogens with zero attached hydrogens (tertiary/aromatic N) is 2. The van der Waals surface area contributed by atoms with E-state index in [9.17, 15) is 9.18 Å². The van der Waals surface area contributed by atoms with Crippen molar-refractivity contribution in [3.63, 3.8) is 0 Å². The van der Waals surface area contributed by atoms with Crippen LogP contribution in [0.4, 0.5) is 4.39 Å². The van der Waals surface area contributed by atoms with Crippen LogP contribution in [0.15, 0.2) is 12.1 Å². The molecule has 1 aromatic heterocycles. The van der Waals surface area contributed by atoms with Crippen molar-refractivity contribution in [2.45, 2.75) is 18.9 Å². The summed E-state index contributed by atoms with van der Waals surface area (Å²) >= 11 is 5.55. The van der Waals surface area contributed by atoms with E-state index in [0.717, 1.165) is 26.1 Å². The van der Waals surface area contributed by atoms with Crippen LogP contribution in [-0.4, -0.2) is 41.5 Å². The first-order valence-corrected chi connectivity index (χ1v) is 6.85. The maximum atomic E-state index is 13.2. The predicted molar refractivity (Wildman–Crippen MR) is 69.6 cm³/mol. The minimum atomic E-state index is -0.804. The van der Waals surface area contributed by atoms with Gasteiger partial charge in [0.1, 0.15) is 5.69 Å². The molecule has 1 amide bonds. The third-order valence-electron chi connectivity index (χ3n) is 3.84. The average molecular weight is 284 g/mol. The van der Waals surface area contributed by atoms with Crippen molar-refractivity contribution < 1.29 is 9.18 Å². The van der Waals surface area contributed by atoms with Crippen molar-refractivity contribution in [1.29, 1.82) is 0 Å². The highest BCUT2D eigenvalue weighted by Crippen LogP contribution is 2.26. The second-order valence-corrected chi connectivity index (χ2v) is 5.70. The topological polar surface area (TPSA) is 45.2 Å². The number of aromatic nitrogens is 1. The molecule has 6 heteroatoms. The Kier molecular flexibility index (Phi) is 3.41. The van der Waals surface area contributed by atoms with Gasteiger partial charge < -0.3 is 10.2 Å². The van der Waals surface area contributed by atoms with Crippen molar-refractivity contribution in [3.8, 4) is 0 Å². The molecule has 3 heterocycles. The number of amides is 1. The van der Waals surface area contributed by atoms with Gasteiger partial charge in [0, 0.05) is 19.1 Å². The third kappa shape index (κ3) is 2.72. The fourth-order valence-corrected chi connectivity index (χ4v) is 3.07. The lowest BCUT2D eigenvalue weighted by Gasteiger charge is -2.30. The highest BCUT2D eigenvalue weighted by molar-refractivity contribution is 6.30. The summed E-state index contributed by atoms with van der Waals surface area (Å²) in [6.07, 6.45) is 2.21. The van der Waals surface area contributed by atoms with Gasteiger partial charge in [0.25, 0.3) is 5.91 Å². The van der Waals surface area contributed by atoms with Crippen LogP contribution in [0.2, 0.25) is 5.02 Å². The van der Waals surface area contributed by atoms with E-state index >= 15 is 0 Å². The van der Waals surface area contributed by atoms with E-state index in [2.05, 4.69) is 15.2 Å². The summed E-state index contributed by atoms with van der Waals surface area (Å²) in [5.41, 5.74) is 0.0785. The smallest absolute Gasteiger partial charge is 0.270 e. The Balaban J connectivity index is 1.66. The maximum absolute atomic E-state index is 13.2. The van der Waals surface area contributed by atoms with Crippen LogP contribution < -0.4 is 5.32 Å². The molecular formula is C13H15ClFN3O. The predicted octanol–water partition coefficient (Wildman–Crippen LogP) is 1.70. The Hall–Kier alpha value is -1.20. The van der Waals surface area contributed by atoms with Gasteiger partial charge in [-0.3, -0.25) is 4.79 Å². The quantitative estimate of drug-likeness (QED) is 0.840. The van der Waals surface area contributed by atoms with Crippen LogP contribution in [0.25, 0.3) is 0 Å². The van der Waals surface area contributed by atoms with Crippen molar-refractivity contribution >= 4 is 17.5 Å². The van der Waals surface area contributed by atoms with E-state index in [0.29, 0.717) is 5.92 Å². The first kappa shape index (κ1) is 12.8. The summed E-state index contributed by atoms with van der Waals surface area (Å²) in [7, 11) is 0. The molecule has 0 radical (unpaired) electrons. The molecule has 0 aromatic carbocycles. The van der Waals surface area contributed by atoms with Gasteiger partial charge in [-0.25, -0.2) is 4.98 Å². The molecule has 3 atom stereocenters. The second kappa shape index (κ2) is 5.06. The van der Waals surface area contributed by atoms with Crippen molar-refractivity contribution in [3.05, 3.63) is 28.8 Å². The van der Waals surface area contributed by atoms with E-state index in [1.165, 1.54) is 18.6 Å². The molecule has 3 rings (SSSR count). The zero-order valence-corrected chi connectivity index (χ0v) is 11.2. The number of halogens is 2. The monoisotopic (exact) mass is 283 g/mol. The Morgan fingerprint density at radius 1 is 1.47 bits per heavy atom. The minimum absolute atomic E-state index is 0.0710. The molecule has 2 aliphatic heterocycles. The fourth-order valence-electron chi connectivity index (χ4n) is 2.97. The van der Waals surface area contributed by atoms with Gasteiger partial charge in [-0.2, -0.15) is 4.39 Å². The van der Waals surface area contributed by atoms with Gasteiger partial charge in [0.2, 0.25) is 5.95 Å². The maximum Gasteiger partial charge on any atom is 0.270 e. The average Bonchev–Trinajstić information content (AvgIpc) is 2.72. The van der Waals surface area contributed by atoms with E-state index in [1.54, 1.807) is 0 Å². The number of nitrogens with one attached hydrogen (secondary N) is 1. The van der Waals surface area contributed by atoms with Crippen LogP contribution in [0.3, 0.4) is 0 Å². The van der Waals surface area contributed by atoms with Crippen LogP contribution in [0.5, 0.6) is 0 Å². The second-order valence-electron chi connectivity index (χ2n) is 5.29. The Bertz CT molecular complexity index is 499. The number of pyridine rings is 1. The molecular weight excluding hydrogens is 269 g/mol. The molecule has 2 fully saturated rings. The molecule has 2 bridgehead atoms. The fraction of sp³-hybridized carbons (Fsp3) is 0.538. The zero-order chi connectivity index (χ0) is 13.4. The Morgan fingerprint density at radius 2 is 2.32 bits per heavy atom.